The van der Waals surface area contributed by atoms with Crippen LogP contribution in [0.5, 0.6) is 0 Å². The maximum absolute atomic E-state index is 14.0. The lowest BCUT2D eigenvalue weighted by Crippen LogP contribution is -2.24. The van der Waals surface area contributed by atoms with Gasteiger partial charge in [0.2, 0.25) is 0 Å². The monoisotopic (exact) mass is 275 g/mol. The fourth-order valence-corrected chi connectivity index (χ4v) is 2.28. The van der Waals surface area contributed by atoms with Crippen LogP contribution in [0.25, 0.3) is 0 Å². The van der Waals surface area contributed by atoms with E-state index in [0.717, 1.165) is 30.2 Å². The minimum Gasteiger partial charge on any atom is -0.306 e. The predicted molar refractivity (Wildman–Crippen MR) is 77.7 cm³/mol. The zero-order valence-corrected chi connectivity index (χ0v) is 11.8. The van der Waals surface area contributed by atoms with E-state index < -0.39 is 5.82 Å². The highest BCUT2D eigenvalue weighted by molar-refractivity contribution is 5.35. The van der Waals surface area contributed by atoms with Gasteiger partial charge in [-0.05, 0) is 43.7 Å². The normalized spacial score (nSPS) is 12.4. The molecule has 0 aliphatic carbocycles. The molecule has 0 heterocycles. The number of benzene rings is 2. The average Bonchev–Trinajstić information content (AvgIpc) is 2.43. The van der Waals surface area contributed by atoms with Crippen LogP contribution in [-0.4, -0.2) is 6.54 Å². The van der Waals surface area contributed by atoms with Gasteiger partial charge in [0.05, 0.1) is 6.04 Å². The summed E-state index contributed by atoms with van der Waals surface area (Å²) in [7, 11) is 0. The van der Waals surface area contributed by atoms with Crippen molar-refractivity contribution in [2.75, 3.05) is 6.54 Å². The minimum absolute atomic E-state index is 0.328. The Morgan fingerprint density at radius 2 is 1.90 bits per heavy atom. The number of rotatable bonds is 5. The molecule has 0 fully saturated rings. The second kappa shape index (κ2) is 6.62. The van der Waals surface area contributed by atoms with E-state index in [1.165, 1.54) is 12.1 Å². The molecule has 1 nitrogen and oxygen atoms in total. The summed E-state index contributed by atoms with van der Waals surface area (Å²) in [5, 5.41) is 3.29. The fraction of sp³-hybridized carbons (Fsp3) is 0.294. The van der Waals surface area contributed by atoms with E-state index in [0.29, 0.717) is 5.56 Å². The maximum Gasteiger partial charge on any atom is 0.128 e. The van der Waals surface area contributed by atoms with Crippen LogP contribution in [-0.2, 0) is 0 Å². The Balaban J connectivity index is 2.44. The molecular weight excluding hydrogens is 256 g/mol. The zero-order valence-electron chi connectivity index (χ0n) is 11.8. The van der Waals surface area contributed by atoms with Crippen molar-refractivity contribution in [3.05, 3.63) is 70.8 Å². The zero-order chi connectivity index (χ0) is 14.5. The van der Waals surface area contributed by atoms with Crippen molar-refractivity contribution in [3.8, 4) is 0 Å². The Morgan fingerprint density at radius 1 is 1.10 bits per heavy atom. The van der Waals surface area contributed by atoms with Crippen LogP contribution < -0.4 is 5.32 Å². The van der Waals surface area contributed by atoms with Crippen molar-refractivity contribution in [2.45, 2.75) is 26.3 Å². The van der Waals surface area contributed by atoms with E-state index in [2.05, 4.69) is 5.32 Å². The van der Waals surface area contributed by atoms with Crippen LogP contribution in [0, 0.1) is 18.6 Å². The lowest BCUT2D eigenvalue weighted by atomic mass is 9.96. The molecule has 0 radical (unpaired) electrons. The summed E-state index contributed by atoms with van der Waals surface area (Å²) >= 11 is 0. The fourth-order valence-electron chi connectivity index (χ4n) is 2.28. The number of hydrogen-bond donors (Lipinski definition) is 1. The number of aryl methyl sites for hydroxylation is 1. The summed E-state index contributed by atoms with van der Waals surface area (Å²) in [6.07, 6.45) is 0.930. The maximum atomic E-state index is 14.0. The summed E-state index contributed by atoms with van der Waals surface area (Å²) in [5.41, 5.74) is 2.40. The molecule has 1 unspecified atom stereocenters. The van der Waals surface area contributed by atoms with Crippen molar-refractivity contribution >= 4 is 0 Å². The van der Waals surface area contributed by atoms with E-state index in [-0.39, 0.29) is 11.9 Å². The van der Waals surface area contributed by atoms with Crippen molar-refractivity contribution < 1.29 is 8.78 Å². The molecule has 0 bridgehead atoms. The molecule has 1 N–H and O–H groups in total. The third-order valence-electron chi connectivity index (χ3n) is 3.24. The highest BCUT2D eigenvalue weighted by atomic mass is 19.1. The Hall–Kier alpha value is -1.74. The van der Waals surface area contributed by atoms with Gasteiger partial charge in [0, 0.05) is 5.56 Å². The number of nitrogens with one attached hydrogen (secondary N) is 1. The molecule has 0 spiro atoms. The smallest absolute Gasteiger partial charge is 0.128 e. The van der Waals surface area contributed by atoms with Gasteiger partial charge < -0.3 is 5.32 Å². The SMILES string of the molecule is CCCNC(c1cccc(C)c1)c1cc(F)ccc1F. The summed E-state index contributed by atoms with van der Waals surface area (Å²) < 4.78 is 27.5. The first-order valence-electron chi connectivity index (χ1n) is 6.86. The number of hydrogen-bond acceptors (Lipinski definition) is 1. The van der Waals surface area contributed by atoms with Crippen LogP contribution in [0.2, 0.25) is 0 Å². The molecule has 2 rings (SSSR count). The Bertz CT molecular complexity index is 581. The summed E-state index contributed by atoms with van der Waals surface area (Å²) in [6, 6.07) is 11.1. The van der Waals surface area contributed by atoms with Crippen LogP contribution >= 0.6 is 0 Å². The standard InChI is InChI=1S/C17H19F2N/c1-3-9-20-17(13-6-4-5-12(2)10-13)15-11-14(18)7-8-16(15)19/h4-8,10-11,17,20H,3,9H2,1-2H3. The van der Waals surface area contributed by atoms with Gasteiger partial charge in [0.25, 0.3) is 0 Å². The quantitative estimate of drug-likeness (QED) is 0.854. The lowest BCUT2D eigenvalue weighted by molar-refractivity contribution is 0.535. The summed E-state index contributed by atoms with van der Waals surface area (Å²) in [6.45, 7) is 4.78. The van der Waals surface area contributed by atoms with Crippen LogP contribution in [0.4, 0.5) is 8.78 Å². The molecule has 1 atom stereocenters. The highest BCUT2D eigenvalue weighted by Crippen LogP contribution is 2.26. The summed E-state index contributed by atoms with van der Waals surface area (Å²) in [5.74, 6) is -0.807. The van der Waals surface area contributed by atoms with Gasteiger partial charge in [-0.2, -0.15) is 0 Å². The van der Waals surface area contributed by atoms with Gasteiger partial charge in [-0.1, -0.05) is 36.8 Å². The molecule has 20 heavy (non-hydrogen) atoms. The number of halogens is 2. The van der Waals surface area contributed by atoms with Gasteiger partial charge in [0.15, 0.2) is 0 Å². The van der Waals surface area contributed by atoms with Gasteiger partial charge in [-0.15, -0.1) is 0 Å². The van der Waals surface area contributed by atoms with E-state index in [1.807, 2.05) is 38.1 Å². The van der Waals surface area contributed by atoms with E-state index in [1.54, 1.807) is 0 Å². The first kappa shape index (κ1) is 14.7. The molecule has 0 saturated heterocycles. The molecule has 0 amide bonds. The van der Waals surface area contributed by atoms with Crippen molar-refractivity contribution in [1.82, 2.24) is 5.32 Å². The Labute approximate surface area is 118 Å². The predicted octanol–water partition coefficient (Wildman–Crippen LogP) is 4.36. The molecule has 2 aromatic carbocycles. The van der Waals surface area contributed by atoms with E-state index in [4.69, 9.17) is 0 Å². The molecule has 0 aliphatic rings. The van der Waals surface area contributed by atoms with Gasteiger partial charge >= 0.3 is 0 Å². The molecule has 0 aromatic heterocycles. The van der Waals surface area contributed by atoms with Crippen molar-refractivity contribution in [2.24, 2.45) is 0 Å². The lowest BCUT2D eigenvalue weighted by Gasteiger charge is -2.20. The van der Waals surface area contributed by atoms with E-state index >= 15 is 0 Å². The van der Waals surface area contributed by atoms with Gasteiger partial charge in [-0.25, -0.2) is 8.78 Å². The molecular formula is C17H19F2N. The first-order chi connectivity index (χ1) is 9.61. The van der Waals surface area contributed by atoms with Crippen LogP contribution in [0.1, 0.15) is 36.1 Å². The molecule has 106 valence electrons. The minimum atomic E-state index is -0.419. The largest absolute Gasteiger partial charge is 0.306 e. The third kappa shape index (κ3) is 3.42. The average molecular weight is 275 g/mol. The Kier molecular flexibility index (Phi) is 4.85. The second-order valence-corrected chi connectivity index (χ2v) is 4.97. The molecule has 2 aromatic rings. The van der Waals surface area contributed by atoms with E-state index in [9.17, 15) is 8.78 Å². The van der Waals surface area contributed by atoms with Crippen molar-refractivity contribution in [3.63, 3.8) is 0 Å². The van der Waals surface area contributed by atoms with Gasteiger partial charge in [0.1, 0.15) is 11.6 Å². The van der Waals surface area contributed by atoms with Crippen molar-refractivity contribution in [1.29, 1.82) is 0 Å². The second-order valence-electron chi connectivity index (χ2n) is 4.97. The first-order valence-corrected chi connectivity index (χ1v) is 6.86. The Morgan fingerprint density at radius 3 is 2.60 bits per heavy atom. The highest BCUT2D eigenvalue weighted by Gasteiger charge is 2.18. The molecule has 0 saturated carbocycles. The topological polar surface area (TPSA) is 12.0 Å². The third-order valence-corrected chi connectivity index (χ3v) is 3.24. The van der Waals surface area contributed by atoms with Crippen LogP contribution in [0.3, 0.4) is 0 Å². The van der Waals surface area contributed by atoms with Gasteiger partial charge in [-0.3, -0.25) is 0 Å². The van der Waals surface area contributed by atoms with Crippen LogP contribution in [0.15, 0.2) is 42.5 Å². The molecule has 3 heteroatoms. The molecule has 0 aliphatic heterocycles. The summed E-state index contributed by atoms with van der Waals surface area (Å²) in [4.78, 5) is 0.